The van der Waals surface area contributed by atoms with Gasteiger partial charge in [-0.15, -0.1) is 21.8 Å². The highest BCUT2D eigenvalue weighted by Crippen LogP contribution is 2.31. The van der Waals surface area contributed by atoms with E-state index in [0.29, 0.717) is 10.0 Å². The molecule has 18 heavy (non-hydrogen) atoms. The summed E-state index contributed by atoms with van der Waals surface area (Å²) in [6.45, 7) is 1.73. The van der Waals surface area contributed by atoms with E-state index in [-0.39, 0.29) is 16.6 Å². The minimum absolute atomic E-state index is 0.182. The minimum Gasteiger partial charge on any atom is -0.258 e. The van der Waals surface area contributed by atoms with Crippen molar-refractivity contribution >= 4 is 28.6 Å². The third-order valence-corrected chi connectivity index (χ3v) is 3.65. The van der Waals surface area contributed by atoms with E-state index in [1.54, 1.807) is 6.92 Å². The van der Waals surface area contributed by atoms with E-state index in [0.717, 1.165) is 17.4 Å². The number of rotatable bonds is 3. The molecular weight excluding hydrogens is 281 g/mol. The molecule has 1 aromatic heterocycles. The van der Waals surface area contributed by atoms with Gasteiger partial charge in [0.2, 0.25) is 0 Å². The monoisotopic (exact) mass is 287 g/mol. The molecule has 2 aromatic rings. The average molecular weight is 288 g/mol. The molecule has 0 spiro atoms. The Labute approximate surface area is 110 Å². The first-order chi connectivity index (χ1) is 8.49. The average Bonchev–Trinajstić information content (AvgIpc) is 2.78. The number of halogens is 2. The molecule has 0 bridgehead atoms. The number of nitrogens with zero attached hydrogens (tertiary/aromatic N) is 3. The van der Waals surface area contributed by atoms with E-state index in [1.165, 1.54) is 12.1 Å². The molecule has 8 heteroatoms. The maximum Gasteiger partial charge on any atom is 0.272 e. The van der Waals surface area contributed by atoms with Crippen LogP contribution in [-0.4, -0.2) is 15.1 Å². The van der Waals surface area contributed by atoms with Gasteiger partial charge in [0, 0.05) is 11.6 Å². The molecule has 0 saturated heterocycles. The molecule has 2 rings (SSSR count). The van der Waals surface area contributed by atoms with E-state index < -0.39 is 10.7 Å². The molecule has 0 aliphatic heterocycles. The standard InChI is InChI=1S/C10H7ClFN3O2S/c1-5(11)9-13-14-10(18-9)7-3-2-6(15(16)17)4-8(7)12/h2-5H,1H3. The molecule has 1 unspecified atom stereocenters. The number of hydrogen-bond donors (Lipinski definition) is 0. The normalized spacial score (nSPS) is 12.4. The summed E-state index contributed by atoms with van der Waals surface area (Å²) in [7, 11) is 0. The highest BCUT2D eigenvalue weighted by atomic mass is 35.5. The predicted molar refractivity (Wildman–Crippen MR) is 66.2 cm³/mol. The van der Waals surface area contributed by atoms with Crippen molar-refractivity contribution in [3.8, 4) is 10.6 Å². The zero-order valence-corrected chi connectivity index (χ0v) is 10.7. The zero-order valence-electron chi connectivity index (χ0n) is 9.13. The maximum atomic E-state index is 13.7. The van der Waals surface area contributed by atoms with Gasteiger partial charge in [0.05, 0.1) is 16.4 Å². The Hall–Kier alpha value is -1.60. The zero-order chi connectivity index (χ0) is 13.3. The molecule has 0 amide bonds. The van der Waals surface area contributed by atoms with Crippen molar-refractivity contribution < 1.29 is 9.31 Å². The Bertz CT molecular complexity index is 603. The fourth-order valence-electron chi connectivity index (χ4n) is 1.30. The van der Waals surface area contributed by atoms with Gasteiger partial charge in [-0.3, -0.25) is 10.1 Å². The van der Waals surface area contributed by atoms with Crippen molar-refractivity contribution in [1.29, 1.82) is 0 Å². The van der Waals surface area contributed by atoms with Crippen LogP contribution in [0.15, 0.2) is 18.2 Å². The Balaban J connectivity index is 2.41. The highest BCUT2D eigenvalue weighted by Gasteiger charge is 2.16. The Morgan fingerprint density at radius 1 is 1.50 bits per heavy atom. The first kappa shape index (κ1) is 12.8. The number of non-ortho nitro benzene ring substituents is 1. The SMILES string of the molecule is CC(Cl)c1nnc(-c2ccc([N+](=O)[O-])cc2F)s1. The smallest absolute Gasteiger partial charge is 0.258 e. The molecule has 0 fully saturated rings. The summed E-state index contributed by atoms with van der Waals surface area (Å²) in [5.74, 6) is -0.700. The van der Waals surface area contributed by atoms with E-state index in [2.05, 4.69) is 10.2 Å². The van der Waals surface area contributed by atoms with Crippen LogP contribution in [0.5, 0.6) is 0 Å². The van der Waals surface area contributed by atoms with Crippen molar-refractivity contribution in [3.05, 3.63) is 39.1 Å². The van der Waals surface area contributed by atoms with E-state index in [4.69, 9.17) is 11.6 Å². The maximum absolute atomic E-state index is 13.7. The van der Waals surface area contributed by atoms with Crippen molar-refractivity contribution in [3.63, 3.8) is 0 Å². The van der Waals surface area contributed by atoms with Crippen LogP contribution >= 0.6 is 22.9 Å². The molecule has 94 valence electrons. The number of nitro groups is 1. The lowest BCUT2D eigenvalue weighted by molar-refractivity contribution is -0.385. The summed E-state index contributed by atoms with van der Waals surface area (Å²) in [6, 6.07) is 3.40. The quantitative estimate of drug-likeness (QED) is 0.492. The van der Waals surface area contributed by atoms with Crippen LogP contribution in [0.2, 0.25) is 0 Å². The van der Waals surface area contributed by atoms with Crippen LogP contribution in [0.1, 0.15) is 17.3 Å². The van der Waals surface area contributed by atoms with Gasteiger partial charge >= 0.3 is 0 Å². The number of nitro benzene ring substituents is 1. The van der Waals surface area contributed by atoms with Gasteiger partial charge in [0.15, 0.2) is 5.01 Å². The van der Waals surface area contributed by atoms with Gasteiger partial charge in [0.1, 0.15) is 10.8 Å². The third-order valence-electron chi connectivity index (χ3n) is 2.17. The van der Waals surface area contributed by atoms with E-state index in [1.807, 2.05) is 0 Å². The topological polar surface area (TPSA) is 68.9 Å². The predicted octanol–water partition coefficient (Wildman–Crippen LogP) is 3.55. The highest BCUT2D eigenvalue weighted by molar-refractivity contribution is 7.15. The number of alkyl halides is 1. The Morgan fingerprint density at radius 2 is 2.22 bits per heavy atom. The van der Waals surface area contributed by atoms with Crippen molar-refractivity contribution in [2.75, 3.05) is 0 Å². The lowest BCUT2D eigenvalue weighted by Crippen LogP contribution is -1.90. The second-order valence-electron chi connectivity index (χ2n) is 3.48. The summed E-state index contributed by atoms with van der Waals surface area (Å²) >= 11 is 6.99. The molecule has 1 heterocycles. The summed E-state index contributed by atoms with van der Waals surface area (Å²) in [4.78, 5) is 9.84. The second-order valence-corrected chi connectivity index (χ2v) is 5.15. The van der Waals surface area contributed by atoms with Gasteiger partial charge in [-0.25, -0.2) is 4.39 Å². The second kappa shape index (κ2) is 4.95. The van der Waals surface area contributed by atoms with Crippen LogP contribution in [0.4, 0.5) is 10.1 Å². The van der Waals surface area contributed by atoms with E-state index in [9.17, 15) is 14.5 Å². The van der Waals surface area contributed by atoms with Gasteiger partial charge in [-0.05, 0) is 13.0 Å². The largest absolute Gasteiger partial charge is 0.272 e. The molecule has 5 nitrogen and oxygen atoms in total. The Kier molecular flexibility index (Phi) is 3.53. The first-order valence-electron chi connectivity index (χ1n) is 4.91. The summed E-state index contributed by atoms with van der Waals surface area (Å²) in [5, 5.41) is 18.8. The number of benzene rings is 1. The van der Waals surface area contributed by atoms with Gasteiger partial charge in [-0.2, -0.15) is 0 Å². The van der Waals surface area contributed by atoms with Gasteiger partial charge < -0.3 is 0 Å². The molecule has 0 aliphatic rings. The van der Waals surface area contributed by atoms with Crippen molar-refractivity contribution in [1.82, 2.24) is 10.2 Å². The van der Waals surface area contributed by atoms with Crippen LogP contribution in [-0.2, 0) is 0 Å². The molecule has 0 N–H and O–H groups in total. The summed E-state index contributed by atoms with van der Waals surface area (Å²) < 4.78 is 13.7. The van der Waals surface area contributed by atoms with Gasteiger partial charge in [-0.1, -0.05) is 11.3 Å². The Morgan fingerprint density at radius 3 is 2.72 bits per heavy atom. The molecular formula is C10H7ClFN3O2S. The fraction of sp³-hybridized carbons (Fsp3) is 0.200. The molecule has 1 atom stereocenters. The van der Waals surface area contributed by atoms with Crippen molar-refractivity contribution in [2.45, 2.75) is 12.3 Å². The molecule has 0 radical (unpaired) electrons. The van der Waals surface area contributed by atoms with Crippen molar-refractivity contribution in [2.24, 2.45) is 0 Å². The lowest BCUT2D eigenvalue weighted by Gasteiger charge is -1.98. The van der Waals surface area contributed by atoms with Crippen LogP contribution in [0.3, 0.4) is 0 Å². The molecule has 0 aliphatic carbocycles. The van der Waals surface area contributed by atoms with Gasteiger partial charge in [0.25, 0.3) is 5.69 Å². The minimum atomic E-state index is -0.700. The molecule has 1 aromatic carbocycles. The number of hydrogen-bond acceptors (Lipinski definition) is 5. The summed E-state index contributed by atoms with van der Waals surface area (Å²) in [6.07, 6.45) is 0. The fourth-order valence-corrected chi connectivity index (χ4v) is 2.27. The lowest BCUT2D eigenvalue weighted by atomic mass is 10.2. The number of aromatic nitrogens is 2. The van der Waals surface area contributed by atoms with E-state index >= 15 is 0 Å². The first-order valence-corrected chi connectivity index (χ1v) is 6.16. The third kappa shape index (κ3) is 2.46. The van der Waals surface area contributed by atoms with Crippen LogP contribution < -0.4 is 0 Å². The van der Waals surface area contributed by atoms with Crippen LogP contribution in [0, 0.1) is 15.9 Å². The molecule has 0 saturated carbocycles. The van der Waals surface area contributed by atoms with Crippen LogP contribution in [0.25, 0.3) is 10.6 Å². The summed E-state index contributed by atoms with van der Waals surface area (Å²) in [5.41, 5.74) is -0.117.